The van der Waals surface area contributed by atoms with Crippen molar-refractivity contribution in [1.82, 2.24) is 9.97 Å². The van der Waals surface area contributed by atoms with Crippen molar-refractivity contribution < 1.29 is 9.47 Å². The van der Waals surface area contributed by atoms with Gasteiger partial charge in [-0.3, -0.25) is 0 Å². The lowest BCUT2D eigenvalue weighted by atomic mass is 10.2. The molecule has 0 unspecified atom stereocenters. The number of aromatic amines is 2. The molecule has 0 saturated heterocycles. The molecule has 1 aromatic heterocycles. The standard InChI is InChI=1S/C23H22ClN3O3/c1-2-29-22-11-16(5-10-21(22)30-14-15-3-6-17(24)7-4-15)13-25-18-8-9-19-20(12-18)27-23(28)26-19/h3-12,25H,2,13-14H2,1H3,(H2,26,27,28). The van der Waals surface area contributed by atoms with Gasteiger partial charge in [-0.25, -0.2) is 4.79 Å². The summed E-state index contributed by atoms with van der Waals surface area (Å²) in [6.45, 7) is 3.54. The zero-order chi connectivity index (χ0) is 20.9. The number of halogens is 1. The molecule has 0 spiro atoms. The summed E-state index contributed by atoms with van der Waals surface area (Å²) < 4.78 is 11.7. The molecule has 0 fully saturated rings. The number of imidazole rings is 1. The number of H-pyrrole nitrogens is 2. The second kappa shape index (κ2) is 8.97. The van der Waals surface area contributed by atoms with E-state index in [0.717, 1.165) is 27.8 Å². The molecule has 1 heterocycles. The van der Waals surface area contributed by atoms with E-state index in [9.17, 15) is 4.79 Å². The first-order chi connectivity index (χ1) is 14.6. The molecule has 3 aromatic carbocycles. The highest BCUT2D eigenvalue weighted by molar-refractivity contribution is 6.30. The molecule has 0 radical (unpaired) electrons. The lowest BCUT2D eigenvalue weighted by molar-refractivity contribution is 0.269. The first-order valence-electron chi connectivity index (χ1n) is 9.69. The predicted molar refractivity (Wildman–Crippen MR) is 120 cm³/mol. The number of aromatic nitrogens is 2. The molecule has 7 heteroatoms. The van der Waals surface area contributed by atoms with Crippen molar-refractivity contribution in [2.75, 3.05) is 11.9 Å². The molecular weight excluding hydrogens is 402 g/mol. The van der Waals surface area contributed by atoms with Gasteiger partial charge in [0.2, 0.25) is 0 Å². The van der Waals surface area contributed by atoms with Gasteiger partial charge >= 0.3 is 5.69 Å². The molecule has 0 amide bonds. The lowest BCUT2D eigenvalue weighted by Gasteiger charge is -2.14. The van der Waals surface area contributed by atoms with Crippen LogP contribution in [0, 0.1) is 0 Å². The quantitative estimate of drug-likeness (QED) is 0.368. The average Bonchev–Trinajstić information content (AvgIpc) is 3.12. The number of rotatable bonds is 8. The Kier molecular flexibility index (Phi) is 5.95. The Morgan fingerprint density at radius 3 is 2.43 bits per heavy atom. The molecule has 0 atom stereocenters. The molecule has 0 aliphatic rings. The van der Waals surface area contributed by atoms with Crippen LogP contribution in [-0.2, 0) is 13.2 Å². The van der Waals surface area contributed by atoms with E-state index < -0.39 is 0 Å². The van der Waals surface area contributed by atoms with Gasteiger partial charge in [0.1, 0.15) is 6.61 Å². The smallest absolute Gasteiger partial charge is 0.323 e. The third-order valence-electron chi connectivity index (χ3n) is 4.63. The Morgan fingerprint density at radius 2 is 1.63 bits per heavy atom. The summed E-state index contributed by atoms with van der Waals surface area (Å²) in [5, 5.41) is 4.07. The SMILES string of the molecule is CCOc1cc(CNc2ccc3[nH]c(=O)[nH]c3c2)ccc1OCc1ccc(Cl)cc1. The van der Waals surface area contributed by atoms with Crippen LogP contribution in [0.2, 0.25) is 5.02 Å². The van der Waals surface area contributed by atoms with Crippen LogP contribution < -0.4 is 20.5 Å². The monoisotopic (exact) mass is 423 g/mol. The number of nitrogens with one attached hydrogen (secondary N) is 3. The van der Waals surface area contributed by atoms with E-state index in [-0.39, 0.29) is 5.69 Å². The van der Waals surface area contributed by atoms with Crippen molar-refractivity contribution in [1.29, 1.82) is 0 Å². The molecule has 0 aliphatic heterocycles. The van der Waals surface area contributed by atoms with Gasteiger partial charge in [0.15, 0.2) is 11.5 Å². The predicted octanol–water partition coefficient (Wildman–Crippen LogP) is 5.10. The van der Waals surface area contributed by atoms with Gasteiger partial charge in [-0.05, 0) is 60.5 Å². The topological polar surface area (TPSA) is 79.1 Å². The highest BCUT2D eigenvalue weighted by Gasteiger charge is 2.08. The van der Waals surface area contributed by atoms with Crippen molar-refractivity contribution in [3.63, 3.8) is 0 Å². The number of ether oxygens (including phenoxy) is 2. The Morgan fingerprint density at radius 1 is 0.867 bits per heavy atom. The number of benzene rings is 3. The van der Waals surface area contributed by atoms with Gasteiger partial charge in [-0.1, -0.05) is 29.8 Å². The van der Waals surface area contributed by atoms with Crippen molar-refractivity contribution >= 4 is 28.3 Å². The van der Waals surface area contributed by atoms with Crippen LogP contribution in [0.3, 0.4) is 0 Å². The van der Waals surface area contributed by atoms with E-state index in [1.54, 1.807) is 0 Å². The molecule has 0 aliphatic carbocycles. The van der Waals surface area contributed by atoms with Crippen LogP contribution in [0.4, 0.5) is 5.69 Å². The largest absolute Gasteiger partial charge is 0.490 e. The minimum Gasteiger partial charge on any atom is -0.490 e. The number of hydrogen-bond donors (Lipinski definition) is 3. The van der Waals surface area contributed by atoms with Crippen LogP contribution >= 0.6 is 11.6 Å². The maximum atomic E-state index is 11.4. The summed E-state index contributed by atoms with van der Waals surface area (Å²) in [4.78, 5) is 16.9. The van der Waals surface area contributed by atoms with Crippen LogP contribution in [0.15, 0.2) is 65.5 Å². The normalized spacial score (nSPS) is 10.9. The third-order valence-corrected chi connectivity index (χ3v) is 4.88. The summed E-state index contributed by atoms with van der Waals surface area (Å²) >= 11 is 5.93. The van der Waals surface area contributed by atoms with Crippen molar-refractivity contribution in [2.45, 2.75) is 20.1 Å². The van der Waals surface area contributed by atoms with Crippen LogP contribution in [0.5, 0.6) is 11.5 Å². The third kappa shape index (κ3) is 4.78. The molecular formula is C23H22ClN3O3. The molecule has 0 saturated carbocycles. The van der Waals surface area contributed by atoms with Gasteiger partial charge in [0.25, 0.3) is 0 Å². The maximum absolute atomic E-state index is 11.4. The highest BCUT2D eigenvalue weighted by atomic mass is 35.5. The summed E-state index contributed by atoms with van der Waals surface area (Å²) in [5.74, 6) is 1.40. The second-order valence-corrected chi connectivity index (χ2v) is 7.26. The molecule has 6 nitrogen and oxygen atoms in total. The Bertz CT molecular complexity index is 1200. The van der Waals surface area contributed by atoms with E-state index in [1.807, 2.05) is 67.6 Å². The Balaban J connectivity index is 1.44. The first kappa shape index (κ1) is 19.9. The van der Waals surface area contributed by atoms with Crippen LogP contribution in [0.1, 0.15) is 18.1 Å². The Labute approximate surface area is 178 Å². The highest BCUT2D eigenvalue weighted by Crippen LogP contribution is 2.30. The summed E-state index contributed by atoms with van der Waals surface area (Å²) in [5.41, 5.74) is 4.35. The minimum absolute atomic E-state index is 0.210. The van der Waals surface area contributed by atoms with Crippen LogP contribution in [-0.4, -0.2) is 16.6 Å². The zero-order valence-electron chi connectivity index (χ0n) is 16.5. The molecule has 154 valence electrons. The molecule has 30 heavy (non-hydrogen) atoms. The van der Waals surface area contributed by atoms with Crippen LogP contribution in [0.25, 0.3) is 11.0 Å². The van der Waals surface area contributed by atoms with E-state index in [1.165, 1.54) is 0 Å². The van der Waals surface area contributed by atoms with E-state index in [2.05, 4.69) is 15.3 Å². The number of hydrogen-bond acceptors (Lipinski definition) is 4. The molecule has 3 N–H and O–H groups in total. The molecule has 4 aromatic rings. The fourth-order valence-electron chi connectivity index (χ4n) is 3.14. The van der Waals surface area contributed by atoms with Crippen molar-refractivity contribution in [3.8, 4) is 11.5 Å². The van der Waals surface area contributed by atoms with E-state index >= 15 is 0 Å². The van der Waals surface area contributed by atoms with Crippen molar-refractivity contribution in [2.24, 2.45) is 0 Å². The zero-order valence-corrected chi connectivity index (χ0v) is 17.3. The van der Waals surface area contributed by atoms with E-state index in [4.69, 9.17) is 21.1 Å². The lowest BCUT2D eigenvalue weighted by Crippen LogP contribution is -2.03. The van der Waals surface area contributed by atoms with Gasteiger partial charge < -0.3 is 24.8 Å². The number of fused-ring (bicyclic) bond motifs is 1. The van der Waals surface area contributed by atoms with Gasteiger partial charge in [-0.15, -0.1) is 0 Å². The van der Waals surface area contributed by atoms with Gasteiger partial charge in [0.05, 0.1) is 17.6 Å². The average molecular weight is 424 g/mol. The summed E-state index contributed by atoms with van der Waals surface area (Å²) in [7, 11) is 0. The Hall–Kier alpha value is -3.38. The fraction of sp³-hybridized carbons (Fsp3) is 0.174. The molecule has 4 rings (SSSR count). The molecule has 0 bridgehead atoms. The maximum Gasteiger partial charge on any atom is 0.323 e. The summed E-state index contributed by atoms with van der Waals surface area (Å²) in [6.07, 6.45) is 0. The minimum atomic E-state index is -0.210. The summed E-state index contributed by atoms with van der Waals surface area (Å²) in [6, 6.07) is 19.2. The fourth-order valence-corrected chi connectivity index (χ4v) is 3.26. The second-order valence-electron chi connectivity index (χ2n) is 6.82. The first-order valence-corrected chi connectivity index (χ1v) is 10.1. The van der Waals surface area contributed by atoms with Gasteiger partial charge in [0, 0.05) is 17.3 Å². The van der Waals surface area contributed by atoms with Crippen molar-refractivity contribution in [3.05, 3.63) is 87.3 Å². The number of anilines is 1. The van der Waals surface area contributed by atoms with E-state index in [0.29, 0.717) is 36.3 Å². The van der Waals surface area contributed by atoms with Gasteiger partial charge in [-0.2, -0.15) is 0 Å².